The Bertz CT molecular complexity index is 1320. The molecule has 1 aliphatic rings. The summed E-state index contributed by atoms with van der Waals surface area (Å²) in [6.07, 6.45) is 3.92. The van der Waals surface area contributed by atoms with Crippen LogP contribution in [0.25, 0.3) is 11.1 Å². The van der Waals surface area contributed by atoms with Gasteiger partial charge in [-0.2, -0.15) is 0 Å². The fourth-order valence-corrected chi connectivity index (χ4v) is 4.49. The second-order valence-corrected chi connectivity index (χ2v) is 8.71. The van der Waals surface area contributed by atoms with Crippen molar-refractivity contribution in [1.82, 2.24) is 4.98 Å². The molecule has 1 unspecified atom stereocenters. The van der Waals surface area contributed by atoms with Crippen LogP contribution in [0.15, 0.2) is 91.3 Å². The van der Waals surface area contributed by atoms with Crippen molar-refractivity contribution in [3.05, 3.63) is 114 Å². The van der Waals surface area contributed by atoms with Crippen molar-refractivity contribution >= 4 is 11.7 Å². The Balaban J connectivity index is 1.27. The van der Waals surface area contributed by atoms with Gasteiger partial charge >= 0.3 is 5.97 Å². The number of fused-ring (bicyclic) bond motifs is 1. The number of carboxylic acid groups (broad SMARTS) is 1. The number of carbonyl (C=O) groups is 1. The molecule has 0 fully saturated rings. The first kappa shape index (κ1) is 21.7. The monoisotopic (exact) mass is 450 g/mol. The van der Waals surface area contributed by atoms with Gasteiger partial charge in [0.2, 0.25) is 0 Å². The smallest absolute Gasteiger partial charge is 0.337 e. The number of anilines is 1. The molecule has 34 heavy (non-hydrogen) atoms. The zero-order chi connectivity index (χ0) is 23.5. The van der Waals surface area contributed by atoms with Gasteiger partial charge in [0, 0.05) is 24.5 Å². The van der Waals surface area contributed by atoms with Crippen molar-refractivity contribution in [3.63, 3.8) is 0 Å². The predicted molar refractivity (Wildman–Crippen MR) is 133 cm³/mol. The Morgan fingerprint density at radius 2 is 1.79 bits per heavy atom. The van der Waals surface area contributed by atoms with E-state index in [1.807, 2.05) is 12.1 Å². The zero-order valence-electron chi connectivity index (χ0n) is 19.0. The van der Waals surface area contributed by atoms with E-state index in [1.54, 1.807) is 0 Å². The lowest BCUT2D eigenvalue weighted by atomic mass is 10.0. The van der Waals surface area contributed by atoms with Crippen LogP contribution in [0.5, 0.6) is 5.75 Å². The molecule has 0 spiro atoms. The summed E-state index contributed by atoms with van der Waals surface area (Å²) in [5, 5.41) is 9.09. The number of nitrogens with zero attached hydrogens (tertiary/aromatic N) is 2. The van der Waals surface area contributed by atoms with E-state index in [4.69, 9.17) is 9.84 Å². The van der Waals surface area contributed by atoms with Gasteiger partial charge in [0.15, 0.2) is 0 Å². The minimum absolute atomic E-state index is 0.111. The molecule has 1 aromatic heterocycles. The Labute approximate surface area is 199 Å². The molecule has 0 radical (unpaired) electrons. The number of pyridine rings is 1. The molecule has 1 atom stereocenters. The van der Waals surface area contributed by atoms with Crippen LogP contribution in [0.1, 0.15) is 34.0 Å². The molecule has 4 aromatic rings. The van der Waals surface area contributed by atoms with Crippen LogP contribution < -0.4 is 9.64 Å². The number of hydrogen-bond donors (Lipinski definition) is 1. The fraction of sp³-hybridized carbons (Fsp3) is 0.172. The van der Waals surface area contributed by atoms with Gasteiger partial charge in [-0.25, -0.2) is 4.79 Å². The number of benzene rings is 3. The highest BCUT2D eigenvalue weighted by molar-refractivity contribution is 5.87. The summed E-state index contributed by atoms with van der Waals surface area (Å²) in [5.41, 5.74) is 7.50. The van der Waals surface area contributed by atoms with Gasteiger partial charge in [0.1, 0.15) is 12.4 Å². The third-order valence-corrected chi connectivity index (χ3v) is 6.28. The lowest BCUT2D eigenvalue weighted by molar-refractivity contribution is 0.0696. The van der Waals surface area contributed by atoms with Gasteiger partial charge in [-0.3, -0.25) is 4.98 Å². The normalized spacial score (nSPS) is 14.6. The highest BCUT2D eigenvalue weighted by Gasteiger charge is 2.25. The molecule has 2 heterocycles. The number of aromatic nitrogens is 1. The lowest BCUT2D eigenvalue weighted by Gasteiger charge is -2.25. The van der Waals surface area contributed by atoms with Crippen LogP contribution >= 0.6 is 0 Å². The van der Waals surface area contributed by atoms with Gasteiger partial charge in [-0.1, -0.05) is 60.7 Å². The van der Waals surface area contributed by atoms with Gasteiger partial charge < -0.3 is 14.7 Å². The molecule has 1 N–H and O–H groups in total. The Morgan fingerprint density at radius 3 is 2.62 bits per heavy atom. The molecule has 0 bridgehead atoms. The van der Waals surface area contributed by atoms with E-state index < -0.39 is 5.97 Å². The van der Waals surface area contributed by atoms with Crippen molar-refractivity contribution in [2.24, 2.45) is 0 Å². The van der Waals surface area contributed by atoms with Crippen molar-refractivity contribution in [3.8, 4) is 16.9 Å². The maximum atomic E-state index is 11.1. The maximum Gasteiger partial charge on any atom is 0.337 e. The number of para-hydroxylation sites is 1. The molecule has 5 nitrogen and oxygen atoms in total. The summed E-state index contributed by atoms with van der Waals surface area (Å²) in [5.74, 6) is -0.581. The molecule has 0 amide bonds. The number of rotatable bonds is 7. The first-order valence-corrected chi connectivity index (χ1v) is 11.4. The average molecular weight is 451 g/mol. The fourth-order valence-electron chi connectivity index (χ4n) is 4.49. The molecular formula is C29H26N2O3. The van der Waals surface area contributed by atoms with Crippen LogP contribution in [0.2, 0.25) is 0 Å². The second kappa shape index (κ2) is 9.40. The molecule has 3 aromatic carbocycles. The molecule has 0 aliphatic carbocycles. The molecule has 170 valence electrons. The van der Waals surface area contributed by atoms with E-state index in [1.165, 1.54) is 40.8 Å². The van der Waals surface area contributed by atoms with Crippen molar-refractivity contribution in [2.75, 3.05) is 4.90 Å². The summed E-state index contributed by atoms with van der Waals surface area (Å²) >= 11 is 0. The van der Waals surface area contributed by atoms with Crippen LogP contribution in [0.3, 0.4) is 0 Å². The van der Waals surface area contributed by atoms with Gasteiger partial charge in [-0.15, -0.1) is 0 Å². The molecule has 5 rings (SSSR count). The van der Waals surface area contributed by atoms with E-state index in [2.05, 4.69) is 77.5 Å². The maximum absolute atomic E-state index is 11.1. The first-order valence-electron chi connectivity index (χ1n) is 11.4. The van der Waals surface area contributed by atoms with E-state index in [-0.39, 0.29) is 5.56 Å². The SMILES string of the molecule is CC1Cc2ccccc2N1Cc1cccc(-c2ccc(COc3cncc(C(=O)O)c3)cc2)c1. The highest BCUT2D eigenvalue weighted by atomic mass is 16.5. The summed E-state index contributed by atoms with van der Waals surface area (Å²) in [4.78, 5) is 17.5. The third-order valence-electron chi connectivity index (χ3n) is 6.28. The van der Waals surface area contributed by atoms with Crippen molar-refractivity contribution in [1.29, 1.82) is 0 Å². The Kier molecular flexibility index (Phi) is 6.00. The summed E-state index contributed by atoms with van der Waals surface area (Å²) in [6.45, 7) is 3.53. The first-order chi connectivity index (χ1) is 16.6. The van der Waals surface area contributed by atoms with Crippen molar-refractivity contribution in [2.45, 2.75) is 32.5 Å². The third kappa shape index (κ3) is 4.64. The second-order valence-electron chi connectivity index (χ2n) is 8.71. The Hall–Kier alpha value is -4.12. The minimum Gasteiger partial charge on any atom is -0.487 e. The minimum atomic E-state index is -1.02. The van der Waals surface area contributed by atoms with E-state index in [0.717, 1.165) is 24.1 Å². The topological polar surface area (TPSA) is 62.7 Å². The number of carboxylic acids is 1. The molecular weight excluding hydrogens is 424 g/mol. The zero-order valence-corrected chi connectivity index (χ0v) is 19.0. The molecule has 0 saturated heterocycles. The van der Waals surface area contributed by atoms with E-state index in [0.29, 0.717) is 18.4 Å². The largest absolute Gasteiger partial charge is 0.487 e. The molecule has 5 heteroatoms. The van der Waals surface area contributed by atoms with Gasteiger partial charge in [-0.05, 0) is 59.4 Å². The summed E-state index contributed by atoms with van der Waals surface area (Å²) in [6, 6.07) is 27.6. The quantitative estimate of drug-likeness (QED) is 0.375. The molecule has 1 aliphatic heterocycles. The van der Waals surface area contributed by atoms with Crippen LogP contribution in [0.4, 0.5) is 5.69 Å². The lowest BCUT2D eigenvalue weighted by Crippen LogP contribution is -2.28. The summed E-state index contributed by atoms with van der Waals surface area (Å²) in [7, 11) is 0. The van der Waals surface area contributed by atoms with Crippen molar-refractivity contribution < 1.29 is 14.6 Å². The number of aromatic carboxylic acids is 1. The Morgan fingerprint density at radius 1 is 0.971 bits per heavy atom. The van der Waals surface area contributed by atoms with Crippen LogP contribution in [0, 0.1) is 0 Å². The summed E-state index contributed by atoms with van der Waals surface area (Å²) < 4.78 is 5.73. The average Bonchev–Trinajstić information content (AvgIpc) is 3.18. The molecule has 0 saturated carbocycles. The van der Waals surface area contributed by atoms with Crippen LogP contribution in [-0.4, -0.2) is 22.1 Å². The number of hydrogen-bond acceptors (Lipinski definition) is 4. The van der Waals surface area contributed by atoms with Gasteiger partial charge in [0.25, 0.3) is 0 Å². The van der Waals surface area contributed by atoms with E-state index in [9.17, 15) is 4.79 Å². The van der Waals surface area contributed by atoms with E-state index >= 15 is 0 Å². The van der Waals surface area contributed by atoms with Gasteiger partial charge in [0.05, 0.1) is 11.8 Å². The number of ether oxygens (including phenoxy) is 1. The standard InChI is InChI=1S/C29H26N2O3/c1-20-13-25-6-2-3-8-28(25)31(20)18-22-5-4-7-24(14-22)23-11-9-21(10-12-23)19-34-27-15-26(29(32)33)16-30-17-27/h2-12,14-17,20H,13,18-19H2,1H3,(H,32,33). The van der Waals surface area contributed by atoms with Crippen LogP contribution in [-0.2, 0) is 19.6 Å². The predicted octanol–water partition coefficient (Wildman–Crippen LogP) is 5.98. The highest BCUT2D eigenvalue weighted by Crippen LogP contribution is 2.33.